The largest absolute Gasteiger partial charge is 0.370 e. The van der Waals surface area contributed by atoms with Crippen molar-refractivity contribution in [2.45, 2.75) is 127 Å². The van der Waals surface area contributed by atoms with Gasteiger partial charge in [-0.3, -0.25) is 48.3 Å². The van der Waals surface area contributed by atoms with Gasteiger partial charge in [-0.05, 0) is 62.1 Å². The first-order valence-corrected chi connectivity index (χ1v) is 24.8. The topological polar surface area (TPSA) is 394 Å². The second-order valence-electron chi connectivity index (χ2n) is 18.2. The van der Waals surface area contributed by atoms with Crippen LogP contribution in [0.25, 0.3) is 10.9 Å². The molecule has 7 amide bonds. The molecule has 0 unspecified atom stereocenters. The van der Waals surface area contributed by atoms with Gasteiger partial charge < -0.3 is 70.1 Å². The first-order chi connectivity index (χ1) is 35.6. The van der Waals surface area contributed by atoms with E-state index < -0.39 is 77.6 Å². The Bertz CT molecular complexity index is 2580. The van der Waals surface area contributed by atoms with Crippen molar-refractivity contribution in [1.29, 1.82) is 0 Å². The molecule has 2 aromatic carbocycles. The van der Waals surface area contributed by atoms with Crippen molar-refractivity contribution in [1.82, 2.24) is 52.2 Å². The van der Waals surface area contributed by atoms with Crippen molar-refractivity contribution >= 4 is 70.0 Å². The van der Waals surface area contributed by atoms with Crippen LogP contribution in [-0.2, 0) is 57.6 Å². The Morgan fingerprint density at radius 3 is 2.01 bits per heavy atom. The Morgan fingerprint density at radius 2 is 1.32 bits per heavy atom. The van der Waals surface area contributed by atoms with E-state index in [1.54, 1.807) is 36.5 Å². The molecule has 6 atom stereocenters. The molecule has 0 radical (unpaired) electrons. The van der Waals surface area contributed by atoms with Crippen LogP contribution in [0.2, 0.25) is 0 Å². The molecule has 2 aromatic heterocycles. The Labute approximate surface area is 428 Å². The van der Waals surface area contributed by atoms with E-state index in [1.807, 2.05) is 24.3 Å². The smallest absolute Gasteiger partial charge is 0.243 e. The number of imidazole rings is 1. The number of benzene rings is 2. The predicted octanol–water partition coefficient (Wildman–Crippen LogP) is -1.01. The number of Topliss-reactive ketones (excluding diaryl/α,β-unsaturated/α-hetero) is 1. The number of H-pyrrole nitrogens is 2. The van der Waals surface area contributed by atoms with Crippen LogP contribution in [0, 0.1) is 0 Å². The third-order valence-electron chi connectivity index (χ3n) is 12.2. The SMILES string of the molecule is CC(=O)N[C@@H](CCCN=C(N)N)C(=O)N[C@H]1CCCCC(=O)CCCNC(=O)[C@H](Cc2c[nH]c3ccccc23)NC(=O)[C@H](CCCN=C(N)N)NC(=O)[C@@H](Cc2ccccc2)NC(=O)[C@H](Cc2cnc[nH]2)NC1=O. The van der Waals surface area contributed by atoms with Crippen LogP contribution in [0.4, 0.5) is 0 Å². The lowest BCUT2D eigenvalue weighted by Crippen LogP contribution is -2.60. The van der Waals surface area contributed by atoms with Crippen molar-refractivity contribution in [3.63, 3.8) is 0 Å². The maximum atomic E-state index is 14.7. The van der Waals surface area contributed by atoms with E-state index in [0.717, 1.165) is 16.5 Å². The van der Waals surface area contributed by atoms with E-state index in [4.69, 9.17) is 22.9 Å². The molecular formula is C50H70N16O8. The molecule has 74 heavy (non-hydrogen) atoms. The molecule has 1 fully saturated rings. The van der Waals surface area contributed by atoms with E-state index >= 15 is 0 Å². The van der Waals surface area contributed by atoms with Gasteiger partial charge in [-0.25, -0.2) is 4.98 Å². The monoisotopic (exact) mass is 1020 g/mol. The number of nitrogens with zero attached hydrogens (tertiary/aromatic N) is 3. The minimum atomic E-state index is -1.37. The number of amides is 7. The van der Waals surface area contributed by atoms with Gasteiger partial charge in [-0.1, -0.05) is 55.0 Å². The number of rotatable bonds is 17. The normalized spacial score (nSPS) is 20.4. The number of aliphatic imine (C=N–C) groups is 2. The second-order valence-corrected chi connectivity index (χ2v) is 18.2. The summed E-state index contributed by atoms with van der Waals surface area (Å²) >= 11 is 0. The summed E-state index contributed by atoms with van der Waals surface area (Å²) in [4.78, 5) is 130. The predicted molar refractivity (Wildman–Crippen MR) is 277 cm³/mol. The molecule has 398 valence electrons. The number of carbonyl (C=O) groups is 8. The van der Waals surface area contributed by atoms with Crippen molar-refractivity contribution in [2.75, 3.05) is 19.6 Å². The van der Waals surface area contributed by atoms with Gasteiger partial charge in [0.05, 0.1) is 6.33 Å². The van der Waals surface area contributed by atoms with E-state index in [1.165, 1.54) is 19.4 Å². The van der Waals surface area contributed by atoms with Crippen LogP contribution in [0.5, 0.6) is 0 Å². The molecule has 0 spiro atoms. The molecule has 24 heteroatoms. The highest BCUT2D eigenvalue weighted by atomic mass is 16.2. The molecule has 0 bridgehead atoms. The van der Waals surface area contributed by atoms with Crippen molar-refractivity contribution in [2.24, 2.45) is 32.9 Å². The van der Waals surface area contributed by atoms with E-state index in [9.17, 15) is 38.4 Å². The van der Waals surface area contributed by atoms with Gasteiger partial charge in [0.2, 0.25) is 41.4 Å². The number of ketones is 1. The number of fused-ring (bicyclic) bond motifs is 1. The number of aromatic nitrogens is 3. The zero-order valence-electron chi connectivity index (χ0n) is 41.6. The standard InChI is InChI=1S/C50H70N16O8/c1-30(67)61-37(19-10-22-57-49(51)52)44(70)62-38-18-7-5-14-34(68)15-9-21-56-43(69)41(25-32-27-59-36-17-8-6-16-35(32)36)65-46(72)39(20-11-23-58-50(53)54)63-47(73)40(24-31-12-3-2-4-13-31)64-48(74)42(66-45(38)71)26-33-28-55-29-60-33/h2-4,6,8,12-13,16-17,27-29,37-42,59H,5,7,9-11,14-15,18-26H2,1H3,(H,55,60)(H,56,69)(H,61,67)(H,62,70)(H,63,73)(H,64,74)(H,65,72)(H,66,71)(H4,51,52,57)(H4,53,54,58)/t37-,38-,39-,40+,41-,42-/m0/s1. The van der Waals surface area contributed by atoms with Gasteiger partial charge in [-0.15, -0.1) is 0 Å². The van der Waals surface area contributed by atoms with Crippen molar-refractivity contribution in [3.05, 3.63) is 90.1 Å². The molecule has 0 aliphatic carbocycles. The minimum Gasteiger partial charge on any atom is -0.370 e. The molecular weight excluding hydrogens is 953 g/mol. The number of para-hydroxylation sites is 1. The molecule has 1 aliphatic rings. The second kappa shape index (κ2) is 29.3. The van der Waals surface area contributed by atoms with Gasteiger partial charge >= 0.3 is 0 Å². The van der Waals surface area contributed by atoms with Crippen molar-refractivity contribution < 1.29 is 38.4 Å². The summed E-state index contributed by atoms with van der Waals surface area (Å²) in [5.74, 6) is -5.12. The summed E-state index contributed by atoms with van der Waals surface area (Å²) in [5.41, 5.74) is 24.8. The molecule has 0 saturated carbocycles. The Balaban J connectivity index is 1.50. The summed E-state index contributed by atoms with van der Waals surface area (Å²) in [7, 11) is 0. The Kier molecular flexibility index (Phi) is 22.4. The lowest BCUT2D eigenvalue weighted by atomic mass is 10.0. The molecule has 5 rings (SSSR count). The number of carbonyl (C=O) groups excluding carboxylic acids is 8. The summed E-state index contributed by atoms with van der Waals surface area (Å²) in [6.07, 6.45) is 6.34. The van der Waals surface area contributed by atoms with Crippen LogP contribution < -0.4 is 60.2 Å². The van der Waals surface area contributed by atoms with Crippen LogP contribution in [-0.4, -0.2) is 130 Å². The van der Waals surface area contributed by atoms with E-state index in [2.05, 4.69) is 62.2 Å². The lowest BCUT2D eigenvalue weighted by Gasteiger charge is -2.28. The van der Waals surface area contributed by atoms with Crippen LogP contribution >= 0.6 is 0 Å². The number of nitrogens with one attached hydrogen (secondary N) is 9. The fraction of sp³-hybridized carbons (Fsp3) is 0.460. The Morgan fingerprint density at radius 1 is 0.703 bits per heavy atom. The van der Waals surface area contributed by atoms with Crippen LogP contribution in [0.3, 0.4) is 0 Å². The Hall–Kier alpha value is -8.31. The number of hydrogen-bond acceptors (Lipinski definition) is 11. The number of guanidine groups is 2. The molecule has 1 aliphatic heterocycles. The molecule has 17 N–H and O–H groups in total. The quantitative estimate of drug-likeness (QED) is 0.0343. The van der Waals surface area contributed by atoms with Crippen molar-refractivity contribution in [3.8, 4) is 0 Å². The zero-order chi connectivity index (χ0) is 53.4. The third-order valence-corrected chi connectivity index (χ3v) is 12.2. The average molecular weight is 1020 g/mol. The molecule has 4 aromatic rings. The molecule has 3 heterocycles. The molecule has 1 saturated heterocycles. The highest BCUT2D eigenvalue weighted by Gasteiger charge is 2.34. The van der Waals surface area contributed by atoms with Gasteiger partial charge in [-0.2, -0.15) is 0 Å². The summed E-state index contributed by atoms with van der Waals surface area (Å²) in [6.45, 7) is 1.63. The first kappa shape index (κ1) is 56.6. The molecule has 24 nitrogen and oxygen atoms in total. The van der Waals surface area contributed by atoms with Crippen LogP contribution in [0.15, 0.2) is 83.3 Å². The van der Waals surface area contributed by atoms with Crippen LogP contribution in [0.1, 0.15) is 88.0 Å². The summed E-state index contributed by atoms with van der Waals surface area (Å²) in [5, 5.41) is 20.3. The third kappa shape index (κ3) is 19.0. The van der Waals surface area contributed by atoms with Gasteiger partial charge in [0.25, 0.3) is 0 Å². The first-order valence-electron chi connectivity index (χ1n) is 24.8. The van der Waals surface area contributed by atoms with E-state index in [0.29, 0.717) is 24.1 Å². The zero-order valence-corrected chi connectivity index (χ0v) is 41.6. The lowest BCUT2D eigenvalue weighted by molar-refractivity contribution is -0.135. The number of nitrogens with two attached hydrogens (primary N) is 4. The number of hydrogen-bond donors (Lipinski definition) is 13. The highest BCUT2D eigenvalue weighted by molar-refractivity contribution is 5.97. The minimum absolute atomic E-state index is 0.00850. The highest BCUT2D eigenvalue weighted by Crippen LogP contribution is 2.20. The number of aromatic amines is 2. The fourth-order valence-electron chi connectivity index (χ4n) is 8.45. The van der Waals surface area contributed by atoms with Gasteiger partial charge in [0, 0.05) is 87.7 Å². The maximum absolute atomic E-state index is 14.7. The summed E-state index contributed by atoms with van der Waals surface area (Å²) < 4.78 is 0. The maximum Gasteiger partial charge on any atom is 0.243 e. The average Bonchev–Trinajstić information content (AvgIpc) is 4.04. The van der Waals surface area contributed by atoms with E-state index in [-0.39, 0.29) is 108 Å². The van der Waals surface area contributed by atoms with Gasteiger partial charge in [0.15, 0.2) is 11.9 Å². The fourth-order valence-corrected chi connectivity index (χ4v) is 8.45. The van der Waals surface area contributed by atoms with Gasteiger partial charge in [0.1, 0.15) is 42.0 Å². The summed E-state index contributed by atoms with van der Waals surface area (Å²) in [6, 6.07) is 8.88.